The van der Waals surface area contributed by atoms with E-state index in [1.54, 1.807) is 17.6 Å². The van der Waals surface area contributed by atoms with Crippen molar-refractivity contribution in [2.24, 2.45) is 5.10 Å². The maximum absolute atomic E-state index is 5.84. The average molecular weight is 404 g/mol. The topological polar surface area (TPSA) is 61.8 Å². The molecule has 0 unspecified atom stereocenters. The minimum atomic E-state index is 0.582. The van der Waals surface area contributed by atoms with Crippen molar-refractivity contribution in [3.63, 3.8) is 0 Å². The van der Waals surface area contributed by atoms with Crippen LogP contribution in [0.5, 0.6) is 5.88 Å². The quantitative estimate of drug-likeness (QED) is 0.295. The Hall–Kier alpha value is -2.12. The Morgan fingerprint density at radius 3 is 2.61 bits per heavy atom. The zero-order valence-electron chi connectivity index (χ0n) is 17.5. The van der Waals surface area contributed by atoms with Gasteiger partial charge in [-0.2, -0.15) is 5.10 Å². The van der Waals surface area contributed by atoms with E-state index in [0.717, 1.165) is 55.3 Å². The second kappa shape index (κ2) is 12.4. The molecule has 7 heteroatoms. The molecule has 0 aliphatic heterocycles. The van der Waals surface area contributed by atoms with E-state index in [4.69, 9.17) is 4.74 Å². The largest absolute Gasteiger partial charge is 0.476 e. The van der Waals surface area contributed by atoms with Gasteiger partial charge in [0.15, 0.2) is 0 Å². The molecule has 0 saturated carbocycles. The number of nitrogens with zero attached hydrogens (tertiary/aromatic N) is 3. The molecule has 2 aromatic rings. The van der Waals surface area contributed by atoms with Gasteiger partial charge >= 0.3 is 0 Å². The summed E-state index contributed by atoms with van der Waals surface area (Å²) < 4.78 is 5.84. The number of ether oxygens (including phenoxy) is 1. The summed E-state index contributed by atoms with van der Waals surface area (Å²) in [5.41, 5.74) is 5.02. The normalized spacial score (nSPS) is 11.1. The lowest BCUT2D eigenvalue weighted by Gasteiger charge is -2.24. The molecule has 0 spiro atoms. The fourth-order valence-corrected chi connectivity index (χ4v) is 3.59. The number of rotatable bonds is 13. The number of aromatic nitrogens is 1. The van der Waals surface area contributed by atoms with Crippen LogP contribution in [-0.4, -0.2) is 44.5 Å². The molecule has 6 nitrogen and oxygen atoms in total. The van der Waals surface area contributed by atoms with Gasteiger partial charge in [-0.3, -0.25) is 5.43 Å². The van der Waals surface area contributed by atoms with Crippen LogP contribution in [-0.2, 0) is 6.42 Å². The molecule has 0 radical (unpaired) electrons. The molecule has 154 valence electrons. The summed E-state index contributed by atoms with van der Waals surface area (Å²) in [5.74, 6) is 0.635. The highest BCUT2D eigenvalue weighted by atomic mass is 32.1. The average Bonchev–Trinajstić information content (AvgIpc) is 3.16. The van der Waals surface area contributed by atoms with Crippen LogP contribution in [0.15, 0.2) is 29.4 Å². The lowest BCUT2D eigenvalue weighted by molar-refractivity contribution is 0.306. The molecule has 0 atom stereocenters. The third kappa shape index (κ3) is 7.13. The van der Waals surface area contributed by atoms with Gasteiger partial charge < -0.3 is 15.0 Å². The second-order valence-electron chi connectivity index (χ2n) is 6.52. The van der Waals surface area contributed by atoms with E-state index in [9.17, 15) is 0 Å². The summed E-state index contributed by atoms with van der Waals surface area (Å²) in [6.07, 6.45) is 5.00. The number of aryl methyl sites for hydroxylation is 1. The molecule has 2 N–H and O–H groups in total. The molecular weight excluding hydrogens is 370 g/mol. The molecule has 0 aliphatic rings. The van der Waals surface area contributed by atoms with Crippen molar-refractivity contribution < 1.29 is 4.74 Å². The highest BCUT2D eigenvalue weighted by Crippen LogP contribution is 2.23. The maximum atomic E-state index is 5.84. The van der Waals surface area contributed by atoms with Gasteiger partial charge in [0, 0.05) is 36.3 Å². The zero-order valence-corrected chi connectivity index (χ0v) is 18.3. The Balaban J connectivity index is 2.18. The van der Waals surface area contributed by atoms with Gasteiger partial charge in [-0.05, 0) is 44.5 Å². The Kier molecular flexibility index (Phi) is 9.79. The third-order valence-corrected chi connectivity index (χ3v) is 5.28. The van der Waals surface area contributed by atoms with Gasteiger partial charge in [-0.1, -0.05) is 20.8 Å². The van der Waals surface area contributed by atoms with E-state index in [1.165, 1.54) is 4.88 Å². The number of hydrogen-bond donors (Lipinski definition) is 2. The molecule has 28 heavy (non-hydrogen) atoms. The van der Waals surface area contributed by atoms with Crippen LogP contribution in [0.3, 0.4) is 0 Å². The highest BCUT2D eigenvalue weighted by molar-refractivity contribution is 7.16. The minimum absolute atomic E-state index is 0.582. The molecule has 0 aromatic carbocycles. The zero-order chi connectivity index (χ0) is 20.2. The van der Waals surface area contributed by atoms with E-state index in [1.807, 2.05) is 13.1 Å². The first-order valence-corrected chi connectivity index (χ1v) is 10.9. The first kappa shape index (κ1) is 22.2. The molecule has 2 rings (SSSR count). The van der Waals surface area contributed by atoms with Crippen LogP contribution in [0.4, 0.5) is 10.7 Å². The van der Waals surface area contributed by atoms with E-state index >= 15 is 0 Å². The van der Waals surface area contributed by atoms with Crippen LogP contribution in [0.1, 0.15) is 44.2 Å². The monoisotopic (exact) mass is 403 g/mol. The van der Waals surface area contributed by atoms with Crippen molar-refractivity contribution in [3.05, 3.63) is 34.8 Å². The van der Waals surface area contributed by atoms with Crippen LogP contribution < -0.4 is 20.4 Å². The van der Waals surface area contributed by atoms with E-state index in [2.05, 4.69) is 64.7 Å². The minimum Gasteiger partial charge on any atom is -0.476 e. The van der Waals surface area contributed by atoms with Crippen molar-refractivity contribution in [1.82, 2.24) is 10.3 Å². The Labute approximate surface area is 173 Å². The SMILES string of the molecule is CCCN(CCC)c1cc(/C=N/Nc2ccc(CC)s2)nc(OCCNC)c1. The molecule has 2 aromatic heterocycles. The van der Waals surface area contributed by atoms with E-state index < -0.39 is 0 Å². The first-order chi connectivity index (χ1) is 13.7. The number of thiophene rings is 1. The first-order valence-electron chi connectivity index (χ1n) is 10.1. The molecule has 0 fully saturated rings. The lowest BCUT2D eigenvalue weighted by atomic mass is 10.2. The predicted octanol–water partition coefficient (Wildman–Crippen LogP) is 4.38. The fraction of sp³-hybridized carbons (Fsp3) is 0.524. The Morgan fingerprint density at radius 2 is 1.96 bits per heavy atom. The van der Waals surface area contributed by atoms with Crippen molar-refractivity contribution in [3.8, 4) is 5.88 Å². The fourth-order valence-electron chi connectivity index (χ4n) is 2.79. The maximum Gasteiger partial charge on any atom is 0.215 e. The highest BCUT2D eigenvalue weighted by Gasteiger charge is 2.09. The standard InChI is InChI=1S/C21H33N5OS/c1-5-11-26(12-6-2)18-14-17(24-20(15-18)27-13-10-22-4)16-23-25-21-9-8-19(7-3)28-21/h8-9,14-16,22,25H,5-7,10-13H2,1-4H3/b23-16+. The molecule has 0 aliphatic carbocycles. The number of pyridine rings is 1. The van der Waals surface area contributed by atoms with Gasteiger partial charge in [0.2, 0.25) is 5.88 Å². The van der Waals surface area contributed by atoms with Crippen molar-refractivity contribution in [2.75, 3.05) is 43.6 Å². The van der Waals surface area contributed by atoms with E-state index in [0.29, 0.717) is 12.5 Å². The molecule has 0 bridgehead atoms. The van der Waals surface area contributed by atoms with Gasteiger partial charge in [0.25, 0.3) is 0 Å². The van der Waals surface area contributed by atoms with Crippen molar-refractivity contribution >= 4 is 28.2 Å². The van der Waals surface area contributed by atoms with E-state index in [-0.39, 0.29) is 0 Å². The van der Waals surface area contributed by atoms with Gasteiger partial charge in [0.05, 0.1) is 11.9 Å². The van der Waals surface area contributed by atoms with Crippen LogP contribution in [0, 0.1) is 0 Å². The third-order valence-electron chi connectivity index (χ3n) is 4.14. The van der Waals surface area contributed by atoms with Crippen LogP contribution in [0.2, 0.25) is 0 Å². The Bertz CT molecular complexity index is 725. The summed E-state index contributed by atoms with van der Waals surface area (Å²) in [6, 6.07) is 8.29. The van der Waals surface area contributed by atoms with Gasteiger partial charge in [-0.15, -0.1) is 11.3 Å². The molecular formula is C21H33N5OS. The summed E-state index contributed by atoms with van der Waals surface area (Å²) in [4.78, 5) is 8.32. The van der Waals surface area contributed by atoms with Crippen LogP contribution >= 0.6 is 11.3 Å². The summed E-state index contributed by atoms with van der Waals surface area (Å²) in [6.45, 7) is 9.94. The number of likely N-dealkylation sites (N-methyl/N-ethyl adjacent to an activating group) is 1. The molecule has 2 heterocycles. The molecule has 0 saturated heterocycles. The lowest BCUT2D eigenvalue weighted by Crippen LogP contribution is -2.25. The van der Waals surface area contributed by atoms with Gasteiger partial charge in [0.1, 0.15) is 11.6 Å². The van der Waals surface area contributed by atoms with Gasteiger partial charge in [-0.25, -0.2) is 4.98 Å². The number of hydrogen-bond acceptors (Lipinski definition) is 7. The van der Waals surface area contributed by atoms with Crippen LogP contribution in [0.25, 0.3) is 0 Å². The smallest absolute Gasteiger partial charge is 0.215 e. The predicted molar refractivity (Wildman–Crippen MR) is 121 cm³/mol. The number of anilines is 2. The number of hydrazone groups is 1. The summed E-state index contributed by atoms with van der Waals surface area (Å²) in [7, 11) is 1.91. The Morgan fingerprint density at radius 1 is 1.18 bits per heavy atom. The summed E-state index contributed by atoms with van der Waals surface area (Å²) >= 11 is 1.72. The number of nitrogens with one attached hydrogen (secondary N) is 2. The van der Waals surface area contributed by atoms with Crippen molar-refractivity contribution in [2.45, 2.75) is 40.0 Å². The van der Waals surface area contributed by atoms with Crippen molar-refractivity contribution in [1.29, 1.82) is 0 Å². The molecule has 0 amide bonds. The second-order valence-corrected chi connectivity index (χ2v) is 7.69. The summed E-state index contributed by atoms with van der Waals surface area (Å²) in [5, 5.41) is 8.50.